The third-order valence-corrected chi connectivity index (χ3v) is 5.76. The van der Waals surface area contributed by atoms with Gasteiger partial charge in [-0.05, 0) is 31.2 Å². The summed E-state index contributed by atoms with van der Waals surface area (Å²) in [6.07, 6.45) is 4.07. The Labute approximate surface area is 149 Å². The van der Waals surface area contributed by atoms with Crippen molar-refractivity contribution in [1.82, 2.24) is 14.9 Å². The molecule has 1 aromatic rings. The number of nitrogens with zero attached hydrogens (tertiary/aromatic N) is 3. The maximum Gasteiger partial charge on any atom is 0.272 e. The quantitative estimate of drug-likeness (QED) is 0.907. The highest BCUT2D eigenvalue weighted by molar-refractivity contribution is 5.92. The van der Waals surface area contributed by atoms with E-state index in [1.54, 1.807) is 12.3 Å². The van der Waals surface area contributed by atoms with Gasteiger partial charge in [-0.3, -0.25) is 4.79 Å². The van der Waals surface area contributed by atoms with Crippen molar-refractivity contribution in [2.75, 3.05) is 26.3 Å². The molecule has 2 aliphatic heterocycles. The van der Waals surface area contributed by atoms with Gasteiger partial charge in [0.2, 0.25) is 0 Å². The van der Waals surface area contributed by atoms with Crippen LogP contribution in [0, 0.1) is 11.8 Å². The molecule has 1 aromatic heterocycles. The van der Waals surface area contributed by atoms with Crippen LogP contribution in [0.3, 0.4) is 0 Å². The summed E-state index contributed by atoms with van der Waals surface area (Å²) in [6, 6.07) is 1.68. The summed E-state index contributed by atoms with van der Waals surface area (Å²) in [5.74, 6) is 1.12. The molecular formula is C19H29N3O3. The number of ether oxygens (including phenoxy) is 1. The van der Waals surface area contributed by atoms with Crippen molar-refractivity contribution in [3.05, 3.63) is 23.8 Å². The van der Waals surface area contributed by atoms with Crippen molar-refractivity contribution in [3.63, 3.8) is 0 Å². The molecule has 2 saturated heterocycles. The molecule has 0 radical (unpaired) electrons. The standard InChI is InChI=1S/C19H29N3O3/c1-13(2)17-20-8-4-16(21-17)18(23)22-9-7-19(24,14(3)12-22)15-5-10-25-11-6-15/h4,8,13-15,24H,5-7,9-12H2,1-3H3. The fraction of sp³-hybridized carbons (Fsp3) is 0.737. The second kappa shape index (κ2) is 7.38. The summed E-state index contributed by atoms with van der Waals surface area (Å²) in [7, 11) is 0. The number of carbonyl (C=O) groups excluding carboxylic acids is 1. The van der Waals surface area contributed by atoms with Crippen LogP contribution in [0.2, 0.25) is 0 Å². The Morgan fingerprint density at radius 3 is 2.76 bits per heavy atom. The molecule has 2 aliphatic rings. The van der Waals surface area contributed by atoms with E-state index in [-0.39, 0.29) is 23.7 Å². The molecule has 0 bridgehead atoms. The van der Waals surface area contributed by atoms with Crippen molar-refractivity contribution in [1.29, 1.82) is 0 Å². The summed E-state index contributed by atoms with van der Waals surface area (Å²) < 4.78 is 5.43. The van der Waals surface area contributed by atoms with Crippen LogP contribution in [-0.2, 0) is 4.74 Å². The lowest BCUT2D eigenvalue weighted by Crippen LogP contribution is -2.57. The molecule has 0 saturated carbocycles. The van der Waals surface area contributed by atoms with Gasteiger partial charge in [-0.25, -0.2) is 9.97 Å². The van der Waals surface area contributed by atoms with E-state index in [0.29, 0.717) is 31.0 Å². The first-order chi connectivity index (χ1) is 11.9. The van der Waals surface area contributed by atoms with Crippen LogP contribution in [0.25, 0.3) is 0 Å². The van der Waals surface area contributed by atoms with Gasteiger partial charge in [0.1, 0.15) is 11.5 Å². The predicted molar refractivity (Wildman–Crippen MR) is 94.3 cm³/mol. The van der Waals surface area contributed by atoms with E-state index in [1.165, 1.54) is 0 Å². The van der Waals surface area contributed by atoms with Crippen LogP contribution in [0.15, 0.2) is 12.3 Å². The Balaban J connectivity index is 1.70. The Morgan fingerprint density at radius 1 is 1.40 bits per heavy atom. The molecule has 6 heteroatoms. The number of aliphatic hydroxyl groups is 1. The number of hydrogen-bond acceptors (Lipinski definition) is 5. The van der Waals surface area contributed by atoms with Crippen LogP contribution >= 0.6 is 0 Å². The average molecular weight is 347 g/mol. The van der Waals surface area contributed by atoms with Gasteiger partial charge in [0.25, 0.3) is 5.91 Å². The number of carbonyl (C=O) groups is 1. The Morgan fingerprint density at radius 2 is 2.12 bits per heavy atom. The van der Waals surface area contributed by atoms with E-state index in [9.17, 15) is 9.90 Å². The molecule has 2 atom stereocenters. The number of likely N-dealkylation sites (tertiary alicyclic amines) is 1. The molecule has 0 aromatic carbocycles. The second-order valence-corrected chi connectivity index (χ2v) is 7.73. The van der Waals surface area contributed by atoms with Gasteiger partial charge in [-0.1, -0.05) is 20.8 Å². The SMILES string of the molecule is CC(C)c1nccc(C(=O)N2CCC(O)(C3CCOCC3)C(C)C2)n1. The molecule has 6 nitrogen and oxygen atoms in total. The summed E-state index contributed by atoms with van der Waals surface area (Å²) in [5, 5.41) is 11.2. The minimum absolute atomic E-state index is 0.0414. The van der Waals surface area contributed by atoms with Crippen molar-refractivity contribution >= 4 is 5.91 Å². The van der Waals surface area contributed by atoms with Crippen LogP contribution in [0.1, 0.15) is 62.3 Å². The number of piperidine rings is 1. The maximum absolute atomic E-state index is 12.8. The average Bonchev–Trinajstić information content (AvgIpc) is 2.64. The largest absolute Gasteiger partial charge is 0.389 e. The molecule has 2 fully saturated rings. The number of aromatic nitrogens is 2. The fourth-order valence-electron chi connectivity index (χ4n) is 4.06. The molecule has 2 unspecified atom stereocenters. The second-order valence-electron chi connectivity index (χ2n) is 7.73. The lowest BCUT2D eigenvalue weighted by Gasteiger charge is -2.48. The van der Waals surface area contributed by atoms with Gasteiger partial charge in [0, 0.05) is 44.3 Å². The van der Waals surface area contributed by atoms with Gasteiger partial charge in [0.15, 0.2) is 0 Å². The highest BCUT2D eigenvalue weighted by Gasteiger charge is 2.46. The van der Waals surface area contributed by atoms with Crippen molar-refractivity contribution in [3.8, 4) is 0 Å². The molecular weight excluding hydrogens is 318 g/mol. The zero-order chi connectivity index (χ0) is 18.0. The smallest absolute Gasteiger partial charge is 0.272 e. The number of hydrogen-bond donors (Lipinski definition) is 1. The first-order valence-electron chi connectivity index (χ1n) is 9.34. The van der Waals surface area contributed by atoms with E-state index < -0.39 is 5.60 Å². The lowest BCUT2D eigenvalue weighted by atomic mass is 9.70. The highest BCUT2D eigenvalue weighted by atomic mass is 16.5. The summed E-state index contributed by atoms with van der Waals surface area (Å²) >= 11 is 0. The third kappa shape index (κ3) is 3.70. The maximum atomic E-state index is 12.8. The Hall–Kier alpha value is -1.53. The molecule has 25 heavy (non-hydrogen) atoms. The molecule has 1 amide bonds. The van der Waals surface area contributed by atoms with Crippen molar-refractivity contribution < 1.29 is 14.6 Å². The van der Waals surface area contributed by atoms with E-state index in [1.807, 2.05) is 18.7 Å². The molecule has 0 aliphatic carbocycles. The monoisotopic (exact) mass is 347 g/mol. The first-order valence-corrected chi connectivity index (χ1v) is 9.34. The first kappa shape index (κ1) is 18.3. The minimum Gasteiger partial charge on any atom is -0.389 e. The Bertz CT molecular complexity index is 616. The van der Waals surface area contributed by atoms with Crippen LogP contribution in [0.5, 0.6) is 0 Å². The third-order valence-electron chi connectivity index (χ3n) is 5.76. The van der Waals surface area contributed by atoms with E-state index in [2.05, 4.69) is 16.9 Å². The predicted octanol–water partition coefficient (Wildman–Crippen LogP) is 2.24. The topological polar surface area (TPSA) is 75.6 Å². The summed E-state index contributed by atoms with van der Waals surface area (Å²) in [5.41, 5.74) is -0.252. The molecule has 0 spiro atoms. The molecule has 138 valence electrons. The lowest BCUT2D eigenvalue weighted by molar-refractivity contribution is -0.125. The number of amides is 1. The zero-order valence-corrected chi connectivity index (χ0v) is 15.4. The van der Waals surface area contributed by atoms with Crippen LogP contribution < -0.4 is 0 Å². The van der Waals surface area contributed by atoms with Crippen molar-refractivity contribution in [2.45, 2.75) is 51.6 Å². The molecule has 3 rings (SSSR count). The van der Waals surface area contributed by atoms with Crippen LogP contribution in [0.4, 0.5) is 0 Å². The minimum atomic E-state index is -0.699. The van der Waals surface area contributed by atoms with Gasteiger partial charge in [-0.2, -0.15) is 0 Å². The van der Waals surface area contributed by atoms with E-state index in [0.717, 1.165) is 26.1 Å². The normalized spacial score (nSPS) is 28.4. The van der Waals surface area contributed by atoms with Gasteiger partial charge >= 0.3 is 0 Å². The highest BCUT2D eigenvalue weighted by Crippen LogP contribution is 2.39. The molecule has 3 heterocycles. The van der Waals surface area contributed by atoms with Crippen LogP contribution in [-0.4, -0.2) is 57.8 Å². The van der Waals surface area contributed by atoms with Gasteiger partial charge < -0.3 is 14.7 Å². The molecule has 1 N–H and O–H groups in total. The summed E-state index contributed by atoms with van der Waals surface area (Å²) in [6.45, 7) is 8.66. The van der Waals surface area contributed by atoms with E-state index >= 15 is 0 Å². The van der Waals surface area contributed by atoms with Crippen molar-refractivity contribution in [2.24, 2.45) is 11.8 Å². The zero-order valence-electron chi connectivity index (χ0n) is 15.4. The number of rotatable bonds is 3. The van der Waals surface area contributed by atoms with Gasteiger partial charge in [0.05, 0.1) is 5.60 Å². The Kier molecular flexibility index (Phi) is 5.39. The fourth-order valence-corrected chi connectivity index (χ4v) is 4.06. The van der Waals surface area contributed by atoms with Gasteiger partial charge in [-0.15, -0.1) is 0 Å². The summed E-state index contributed by atoms with van der Waals surface area (Å²) in [4.78, 5) is 23.3. The van der Waals surface area contributed by atoms with E-state index in [4.69, 9.17) is 4.74 Å².